The monoisotopic (exact) mass is 310 g/mol. The number of aryl methyl sites for hydroxylation is 2. The fourth-order valence-corrected chi connectivity index (χ4v) is 1.81. The van der Waals surface area contributed by atoms with E-state index in [-0.39, 0.29) is 5.78 Å². The van der Waals surface area contributed by atoms with Gasteiger partial charge in [0.15, 0.2) is 5.69 Å². The van der Waals surface area contributed by atoms with Gasteiger partial charge in [0, 0.05) is 7.05 Å². The largest absolute Gasteiger partial charge is 0.434 e. The second-order valence-corrected chi connectivity index (χ2v) is 4.19. The molecule has 0 aliphatic rings. The summed E-state index contributed by atoms with van der Waals surface area (Å²) in [5.41, 5.74) is -2.13. The van der Waals surface area contributed by atoms with Gasteiger partial charge in [0.2, 0.25) is 5.78 Å². The molecule has 0 unspecified atom stereocenters. The minimum Gasteiger partial charge on any atom is -0.300 e. The summed E-state index contributed by atoms with van der Waals surface area (Å²) < 4.78 is 39.4. The molecule has 2 aromatic heterocycles. The van der Waals surface area contributed by atoms with Crippen molar-refractivity contribution in [3.63, 3.8) is 0 Å². The minimum absolute atomic E-state index is 0.150. The van der Waals surface area contributed by atoms with Crippen molar-refractivity contribution in [3.8, 4) is 0 Å². The maximum Gasteiger partial charge on any atom is 0.434 e. The van der Waals surface area contributed by atoms with E-state index in [1.165, 1.54) is 11.6 Å². The van der Waals surface area contributed by atoms with E-state index < -0.39 is 21.9 Å². The molecule has 2 heterocycles. The highest BCUT2D eigenvalue weighted by molar-refractivity contribution is 9.10. The van der Waals surface area contributed by atoms with Gasteiger partial charge in [-0.1, -0.05) is 0 Å². The first-order valence-electron chi connectivity index (χ1n) is 4.42. The van der Waals surface area contributed by atoms with Crippen molar-refractivity contribution >= 4 is 21.7 Å². The predicted molar refractivity (Wildman–Crippen MR) is 55.7 cm³/mol. The Morgan fingerprint density at radius 3 is 2.47 bits per heavy atom. The Kier molecular flexibility index (Phi) is 2.53. The Balaban J connectivity index is 2.96. The van der Waals surface area contributed by atoms with Gasteiger partial charge in [0.05, 0.1) is 0 Å². The molecular formula is C8H6BrF3N4O. The number of halogens is 4. The van der Waals surface area contributed by atoms with E-state index in [9.17, 15) is 18.0 Å². The molecule has 9 heteroatoms. The van der Waals surface area contributed by atoms with Crippen LogP contribution in [0, 0.1) is 6.92 Å². The van der Waals surface area contributed by atoms with Gasteiger partial charge in [-0.2, -0.15) is 17.7 Å². The predicted octanol–water partition coefficient (Wildman–Crippen LogP) is 1.52. The molecule has 2 rings (SSSR count). The van der Waals surface area contributed by atoms with Crippen LogP contribution in [-0.4, -0.2) is 19.2 Å². The van der Waals surface area contributed by atoms with Crippen molar-refractivity contribution in [3.05, 3.63) is 26.3 Å². The highest BCUT2D eigenvalue weighted by Crippen LogP contribution is 2.31. The van der Waals surface area contributed by atoms with Crippen LogP contribution in [0.2, 0.25) is 0 Å². The zero-order chi connectivity index (χ0) is 13.0. The Bertz CT molecular complexity index is 657. The van der Waals surface area contributed by atoms with Gasteiger partial charge in [0.1, 0.15) is 10.3 Å². The molecule has 0 fully saturated rings. The third-order valence-electron chi connectivity index (χ3n) is 2.29. The number of alkyl halides is 3. The molecule has 0 bridgehead atoms. The molecule has 0 saturated heterocycles. The summed E-state index contributed by atoms with van der Waals surface area (Å²) in [5, 5.41) is 3.80. The van der Waals surface area contributed by atoms with Crippen LogP contribution in [0.1, 0.15) is 11.5 Å². The summed E-state index contributed by atoms with van der Waals surface area (Å²) in [5.74, 6) is 0.240. The van der Waals surface area contributed by atoms with Crippen molar-refractivity contribution in [2.45, 2.75) is 13.1 Å². The Morgan fingerprint density at radius 2 is 1.94 bits per heavy atom. The molecule has 0 saturated carbocycles. The molecule has 0 aromatic carbocycles. The lowest BCUT2D eigenvalue weighted by molar-refractivity contribution is -0.141. The summed E-state index contributed by atoms with van der Waals surface area (Å²) in [6.45, 7) is 1.56. The second-order valence-electron chi connectivity index (χ2n) is 3.40. The van der Waals surface area contributed by atoms with E-state index in [2.05, 4.69) is 26.0 Å². The number of fused-ring (bicyclic) bond motifs is 1. The lowest BCUT2D eigenvalue weighted by atomic mass is 10.4. The van der Waals surface area contributed by atoms with E-state index in [0.717, 1.165) is 4.52 Å². The van der Waals surface area contributed by atoms with Crippen LogP contribution >= 0.6 is 15.9 Å². The van der Waals surface area contributed by atoms with Crippen molar-refractivity contribution < 1.29 is 13.2 Å². The second kappa shape index (κ2) is 3.56. The van der Waals surface area contributed by atoms with Crippen LogP contribution in [0.3, 0.4) is 0 Å². The number of hydrogen-bond acceptors (Lipinski definition) is 3. The third-order valence-corrected chi connectivity index (χ3v) is 3.00. The first kappa shape index (κ1) is 12.1. The van der Waals surface area contributed by atoms with Crippen molar-refractivity contribution in [2.75, 3.05) is 0 Å². The molecular weight excluding hydrogens is 305 g/mol. The molecule has 17 heavy (non-hydrogen) atoms. The first-order valence-corrected chi connectivity index (χ1v) is 5.22. The summed E-state index contributed by atoms with van der Waals surface area (Å²) >= 11 is 2.61. The van der Waals surface area contributed by atoms with Gasteiger partial charge in [-0.05, 0) is 22.9 Å². The van der Waals surface area contributed by atoms with Crippen LogP contribution in [-0.2, 0) is 13.2 Å². The van der Waals surface area contributed by atoms with Gasteiger partial charge >= 0.3 is 6.18 Å². The van der Waals surface area contributed by atoms with Crippen LogP contribution < -0.4 is 5.56 Å². The number of hydrogen-bond donors (Lipinski definition) is 0. The minimum atomic E-state index is -4.69. The number of nitrogens with zero attached hydrogens (tertiary/aromatic N) is 4. The standard InChI is InChI=1S/C8H6BrF3N4O/c1-3-14-16-6(17)4(9)5(8(10,11)12)13-7(16)15(3)2/h1-2H3. The zero-order valence-corrected chi connectivity index (χ0v) is 10.3. The van der Waals surface area contributed by atoms with Crippen LogP contribution in [0.15, 0.2) is 9.27 Å². The topological polar surface area (TPSA) is 52.2 Å². The lowest BCUT2D eigenvalue weighted by Gasteiger charge is -2.07. The van der Waals surface area contributed by atoms with E-state index >= 15 is 0 Å². The Labute approximate surface area is 101 Å². The summed E-state index contributed by atoms with van der Waals surface area (Å²) in [7, 11) is 1.48. The van der Waals surface area contributed by atoms with Gasteiger partial charge in [-0.25, -0.2) is 4.98 Å². The molecule has 0 aliphatic heterocycles. The van der Waals surface area contributed by atoms with Gasteiger partial charge in [0.25, 0.3) is 5.56 Å². The summed E-state index contributed by atoms with van der Waals surface area (Å²) in [4.78, 5) is 15.1. The normalized spacial score (nSPS) is 12.4. The Hall–Kier alpha value is -1.38. The zero-order valence-electron chi connectivity index (χ0n) is 8.71. The molecule has 0 amide bonds. The molecule has 0 aliphatic carbocycles. The average Bonchev–Trinajstić information content (AvgIpc) is 2.48. The smallest absolute Gasteiger partial charge is 0.300 e. The number of rotatable bonds is 0. The maximum absolute atomic E-state index is 12.6. The fourth-order valence-electron chi connectivity index (χ4n) is 1.33. The average molecular weight is 311 g/mol. The van der Waals surface area contributed by atoms with E-state index in [0.29, 0.717) is 5.82 Å². The van der Waals surface area contributed by atoms with Crippen molar-refractivity contribution in [2.24, 2.45) is 7.05 Å². The van der Waals surface area contributed by atoms with Crippen LogP contribution in [0.5, 0.6) is 0 Å². The lowest BCUT2D eigenvalue weighted by Crippen LogP contribution is -2.23. The molecule has 0 N–H and O–H groups in total. The van der Waals surface area contributed by atoms with E-state index in [1.54, 1.807) is 6.92 Å². The summed E-state index contributed by atoms with van der Waals surface area (Å²) in [6.07, 6.45) is -4.69. The molecule has 92 valence electrons. The molecule has 0 spiro atoms. The molecule has 2 aromatic rings. The van der Waals surface area contributed by atoms with Crippen LogP contribution in [0.25, 0.3) is 5.78 Å². The highest BCUT2D eigenvalue weighted by atomic mass is 79.9. The van der Waals surface area contributed by atoms with Gasteiger partial charge < -0.3 is 4.57 Å². The molecule has 5 nitrogen and oxygen atoms in total. The van der Waals surface area contributed by atoms with E-state index in [4.69, 9.17) is 0 Å². The van der Waals surface area contributed by atoms with Gasteiger partial charge in [-0.15, -0.1) is 5.10 Å². The maximum atomic E-state index is 12.6. The third kappa shape index (κ3) is 1.74. The number of aromatic nitrogens is 4. The first-order chi connectivity index (χ1) is 7.73. The van der Waals surface area contributed by atoms with Crippen molar-refractivity contribution in [1.29, 1.82) is 0 Å². The molecule has 0 radical (unpaired) electrons. The van der Waals surface area contributed by atoms with E-state index in [1.807, 2.05) is 0 Å². The summed E-state index contributed by atoms with van der Waals surface area (Å²) in [6, 6.07) is 0. The van der Waals surface area contributed by atoms with Crippen LogP contribution in [0.4, 0.5) is 13.2 Å². The molecule has 0 atom stereocenters. The van der Waals surface area contributed by atoms with Gasteiger partial charge in [-0.3, -0.25) is 4.79 Å². The fraction of sp³-hybridized carbons (Fsp3) is 0.375. The van der Waals surface area contributed by atoms with Crippen molar-refractivity contribution in [1.82, 2.24) is 19.2 Å². The Morgan fingerprint density at radius 1 is 1.35 bits per heavy atom. The highest BCUT2D eigenvalue weighted by Gasteiger charge is 2.37. The SMILES string of the molecule is Cc1nn2c(=O)c(Br)c(C(F)(F)F)nc2n1C. The quantitative estimate of drug-likeness (QED) is 0.741.